The van der Waals surface area contributed by atoms with Crippen molar-refractivity contribution >= 4 is 23.4 Å². The van der Waals surface area contributed by atoms with E-state index in [9.17, 15) is 28.3 Å². The number of carbonyl (C=O) groups is 3. The summed E-state index contributed by atoms with van der Waals surface area (Å²) in [4.78, 5) is 43.0. The van der Waals surface area contributed by atoms with Gasteiger partial charge in [-0.3, -0.25) is 24.6 Å². The first-order chi connectivity index (χ1) is 26.6. The van der Waals surface area contributed by atoms with Gasteiger partial charge >= 0.3 is 0 Å². The van der Waals surface area contributed by atoms with Gasteiger partial charge < -0.3 is 19.6 Å². The Kier molecular flexibility index (Phi) is 10.3. The number of aromatic hydroxyl groups is 1. The number of aryl methyl sites for hydroxylation is 1. The molecule has 3 aliphatic heterocycles. The van der Waals surface area contributed by atoms with Crippen LogP contribution in [0.3, 0.4) is 0 Å². The second kappa shape index (κ2) is 15.5. The van der Waals surface area contributed by atoms with Crippen LogP contribution in [-0.4, -0.2) is 83.9 Å². The van der Waals surface area contributed by atoms with E-state index in [0.717, 1.165) is 73.4 Å². The number of piperidine rings is 1. The van der Waals surface area contributed by atoms with Crippen LogP contribution in [-0.2, 0) is 29.0 Å². The summed E-state index contributed by atoms with van der Waals surface area (Å²) in [6.45, 7) is 3.15. The first-order valence-electron chi connectivity index (χ1n) is 19.4. The van der Waals surface area contributed by atoms with Gasteiger partial charge in [0.05, 0.1) is 0 Å². The van der Waals surface area contributed by atoms with Crippen molar-refractivity contribution in [3.05, 3.63) is 113 Å². The van der Waals surface area contributed by atoms with Gasteiger partial charge in [0.25, 0.3) is 11.8 Å². The number of fused-ring (bicyclic) bond motifs is 2. The van der Waals surface area contributed by atoms with Gasteiger partial charge in [-0.2, -0.15) is 0 Å². The topological polar surface area (TPSA) is 102 Å². The van der Waals surface area contributed by atoms with Crippen molar-refractivity contribution < 1.29 is 33.0 Å². The standard InChI is InChI=1S/C44H46F2N4O5/c45-44(46,28-55-36-12-9-30(10-13-36)39-26-35(51)24-32-8-7-31(25-38(32)39)29-5-2-1-3-6-29)17-4-18-48-19-21-49(22-20-48)34-11-14-37-33(23-34)27-50(43(37)54)40-15-16-41(52)47-42(40)53/h1-3,5-6,9-14,23-24,26,31,40,51H,4,7-8,15-22,25,27-28H2,(H,47,52,53)/t31-,40?/m0/s1. The van der Waals surface area contributed by atoms with Crippen LogP contribution in [0.15, 0.2) is 84.9 Å². The summed E-state index contributed by atoms with van der Waals surface area (Å²) in [5.41, 5.74) is 8.02. The Morgan fingerprint density at radius 1 is 0.836 bits per heavy atom. The SMILES string of the molecule is O=C1CCC(N2Cc3cc(N4CCN(CCCC(F)(F)COc5ccc(-c6cc(O)cc7c6C[C@@H](c6ccccc6)CC7)cc5)CC4)ccc3C2=O)C(=O)N1. The number of hydrogen-bond acceptors (Lipinski definition) is 7. The fraction of sp³-hybridized carbons (Fsp3) is 0.386. The molecule has 0 aromatic heterocycles. The number of halogens is 2. The summed E-state index contributed by atoms with van der Waals surface area (Å²) < 4.78 is 35.5. The predicted octanol–water partition coefficient (Wildman–Crippen LogP) is 6.71. The van der Waals surface area contributed by atoms with Crippen LogP contribution in [0.2, 0.25) is 0 Å². The molecule has 9 nitrogen and oxygen atoms in total. The predicted molar refractivity (Wildman–Crippen MR) is 206 cm³/mol. The smallest absolute Gasteiger partial charge is 0.281 e. The van der Waals surface area contributed by atoms with Crippen LogP contribution >= 0.6 is 0 Å². The number of phenolic OH excluding ortho intramolecular Hbond substituents is 1. The quantitative estimate of drug-likeness (QED) is 0.165. The van der Waals surface area contributed by atoms with E-state index < -0.39 is 24.5 Å². The maximum atomic E-state index is 15.0. The summed E-state index contributed by atoms with van der Waals surface area (Å²) in [5, 5.41) is 12.8. The van der Waals surface area contributed by atoms with Crippen LogP contribution in [0.1, 0.15) is 70.6 Å². The molecule has 2 atom stereocenters. The van der Waals surface area contributed by atoms with E-state index in [1.54, 1.807) is 23.1 Å². The lowest BCUT2D eigenvalue weighted by atomic mass is 9.77. The van der Waals surface area contributed by atoms with E-state index in [2.05, 4.69) is 39.4 Å². The zero-order chi connectivity index (χ0) is 38.1. The number of carbonyl (C=O) groups excluding carboxylic acids is 3. The molecule has 1 unspecified atom stereocenters. The lowest BCUT2D eigenvalue weighted by molar-refractivity contribution is -0.136. The third-order valence-corrected chi connectivity index (χ3v) is 11.7. The molecule has 0 radical (unpaired) electrons. The van der Waals surface area contributed by atoms with Gasteiger partial charge in [-0.25, -0.2) is 8.78 Å². The summed E-state index contributed by atoms with van der Waals surface area (Å²) in [7, 11) is 0. The lowest BCUT2D eigenvalue weighted by Gasteiger charge is -2.36. The van der Waals surface area contributed by atoms with Gasteiger partial charge in [0.15, 0.2) is 6.61 Å². The average molecular weight is 749 g/mol. The van der Waals surface area contributed by atoms with Crippen LogP contribution in [0.5, 0.6) is 11.5 Å². The molecule has 8 rings (SSSR count). The average Bonchev–Trinajstić information content (AvgIpc) is 3.52. The molecule has 2 N–H and O–H groups in total. The minimum Gasteiger partial charge on any atom is -0.508 e. The molecule has 2 saturated heterocycles. The molecule has 286 valence electrons. The number of anilines is 1. The maximum Gasteiger partial charge on any atom is 0.281 e. The lowest BCUT2D eigenvalue weighted by Crippen LogP contribution is -2.52. The monoisotopic (exact) mass is 748 g/mol. The number of phenols is 1. The Labute approximate surface area is 319 Å². The van der Waals surface area contributed by atoms with E-state index in [-0.39, 0.29) is 30.4 Å². The van der Waals surface area contributed by atoms with Crippen molar-refractivity contribution in [2.45, 2.75) is 69.4 Å². The highest BCUT2D eigenvalue weighted by atomic mass is 19.3. The highest BCUT2D eigenvalue weighted by molar-refractivity contribution is 6.05. The van der Waals surface area contributed by atoms with E-state index in [1.807, 2.05) is 42.5 Å². The minimum absolute atomic E-state index is 0.193. The maximum absolute atomic E-state index is 15.0. The Bertz CT molecular complexity index is 2070. The van der Waals surface area contributed by atoms with Gasteiger partial charge in [-0.15, -0.1) is 0 Å². The highest BCUT2D eigenvalue weighted by Gasteiger charge is 2.39. The molecule has 11 heteroatoms. The molecule has 3 amide bonds. The molecule has 0 spiro atoms. The second-order valence-electron chi connectivity index (χ2n) is 15.3. The largest absolute Gasteiger partial charge is 0.508 e. The summed E-state index contributed by atoms with van der Waals surface area (Å²) in [6, 6.07) is 26.5. The number of amides is 3. The molecule has 4 aromatic rings. The molecular formula is C44H46F2N4O5. The van der Waals surface area contributed by atoms with Gasteiger partial charge in [-0.1, -0.05) is 42.5 Å². The number of nitrogens with one attached hydrogen (secondary N) is 1. The van der Waals surface area contributed by atoms with Crippen LogP contribution < -0.4 is 15.0 Å². The van der Waals surface area contributed by atoms with Crippen molar-refractivity contribution in [1.82, 2.24) is 15.1 Å². The summed E-state index contributed by atoms with van der Waals surface area (Å²) >= 11 is 0. The zero-order valence-electron chi connectivity index (χ0n) is 30.8. The fourth-order valence-corrected chi connectivity index (χ4v) is 8.67. The van der Waals surface area contributed by atoms with Gasteiger partial charge in [-0.05, 0) is 120 Å². The molecule has 4 aromatic carbocycles. The number of nitrogens with zero attached hydrogens (tertiary/aromatic N) is 3. The molecule has 1 aliphatic carbocycles. The normalized spacial score (nSPS) is 20.3. The van der Waals surface area contributed by atoms with Gasteiger partial charge in [0.2, 0.25) is 11.8 Å². The van der Waals surface area contributed by atoms with Crippen molar-refractivity contribution in [3.63, 3.8) is 0 Å². The van der Waals surface area contributed by atoms with Crippen LogP contribution in [0, 0.1) is 0 Å². The van der Waals surface area contributed by atoms with E-state index >= 15 is 0 Å². The van der Waals surface area contributed by atoms with E-state index in [1.165, 1.54) is 11.1 Å². The Morgan fingerprint density at radius 3 is 2.38 bits per heavy atom. The number of hydrogen-bond donors (Lipinski definition) is 2. The molecule has 3 heterocycles. The van der Waals surface area contributed by atoms with Crippen molar-refractivity contribution in [2.24, 2.45) is 0 Å². The number of rotatable bonds is 11. The number of piperazine rings is 1. The third-order valence-electron chi connectivity index (χ3n) is 11.7. The first-order valence-corrected chi connectivity index (χ1v) is 19.4. The van der Waals surface area contributed by atoms with Crippen molar-refractivity contribution in [1.29, 1.82) is 0 Å². The highest BCUT2D eigenvalue weighted by Crippen LogP contribution is 2.40. The van der Waals surface area contributed by atoms with Crippen molar-refractivity contribution in [2.75, 3.05) is 44.2 Å². The Hall–Kier alpha value is -5.29. The summed E-state index contributed by atoms with van der Waals surface area (Å²) in [6.07, 6.45) is 3.40. The first kappa shape index (κ1) is 36.7. The zero-order valence-corrected chi connectivity index (χ0v) is 30.8. The minimum atomic E-state index is -2.97. The van der Waals surface area contributed by atoms with Crippen LogP contribution in [0.4, 0.5) is 14.5 Å². The van der Waals surface area contributed by atoms with E-state index in [4.69, 9.17) is 4.74 Å². The summed E-state index contributed by atoms with van der Waals surface area (Å²) in [5.74, 6) is -2.88. The van der Waals surface area contributed by atoms with Crippen molar-refractivity contribution in [3.8, 4) is 22.6 Å². The molecule has 0 saturated carbocycles. The van der Waals surface area contributed by atoms with Gasteiger partial charge in [0, 0.05) is 56.8 Å². The molecule has 4 aliphatic rings. The molecule has 2 fully saturated rings. The number of ether oxygens (including phenoxy) is 1. The van der Waals surface area contributed by atoms with E-state index in [0.29, 0.717) is 43.2 Å². The Balaban J connectivity index is 0.794. The molecular weight excluding hydrogens is 703 g/mol. The van der Waals surface area contributed by atoms with Crippen LogP contribution in [0.25, 0.3) is 11.1 Å². The number of alkyl halides is 2. The number of benzene rings is 4. The fourth-order valence-electron chi connectivity index (χ4n) is 8.67. The molecule has 0 bridgehead atoms. The Morgan fingerprint density at radius 2 is 1.62 bits per heavy atom. The second-order valence-corrected chi connectivity index (χ2v) is 15.3. The molecule has 55 heavy (non-hydrogen) atoms. The third kappa shape index (κ3) is 8.08. The van der Waals surface area contributed by atoms with Gasteiger partial charge in [0.1, 0.15) is 17.5 Å². The number of imide groups is 1.